The molecular weight excluding hydrogens is 198 g/mol. The molecule has 86 valence electrons. The van der Waals surface area contributed by atoms with Crippen molar-refractivity contribution in [3.63, 3.8) is 0 Å². The highest BCUT2D eigenvalue weighted by Gasteiger charge is 2.41. The summed E-state index contributed by atoms with van der Waals surface area (Å²) in [5, 5.41) is 12.7. The molecule has 0 amide bonds. The number of nitrogens with one attached hydrogen (secondary N) is 1. The maximum absolute atomic E-state index is 9.21. The number of hydrogen-bond donors (Lipinski definition) is 2. The van der Waals surface area contributed by atoms with Gasteiger partial charge in [0.25, 0.3) is 0 Å². The first-order chi connectivity index (χ1) is 7.83. The Morgan fingerprint density at radius 2 is 2.12 bits per heavy atom. The quantitative estimate of drug-likeness (QED) is 0.786. The summed E-state index contributed by atoms with van der Waals surface area (Å²) in [4.78, 5) is 0. The molecule has 0 bridgehead atoms. The number of aliphatic hydroxyl groups excluding tert-OH is 1. The van der Waals surface area contributed by atoms with E-state index in [0.717, 1.165) is 13.1 Å². The Morgan fingerprint density at radius 3 is 2.81 bits per heavy atom. The van der Waals surface area contributed by atoms with Crippen LogP contribution in [0.3, 0.4) is 0 Å². The summed E-state index contributed by atoms with van der Waals surface area (Å²) in [5.74, 6) is 0.700. The molecule has 3 rings (SSSR count). The Labute approximate surface area is 96.7 Å². The van der Waals surface area contributed by atoms with Crippen molar-refractivity contribution in [2.45, 2.75) is 25.2 Å². The Bertz CT molecular complexity index is 384. The van der Waals surface area contributed by atoms with Gasteiger partial charge in [0.05, 0.1) is 0 Å². The van der Waals surface area contributed by atoms with Gasteiger partial charge in [-0.25, -0.2) is 0 Å². The van der Waals surface area contributed by atoms with Crippen molar-refractivity contribution >= 4 is 0 Å². The lowest BCUT2D eigenvalue weighted by Gasteiger charge is -2.30. The van der Waals surface area contributed by atoms with Crippen LogP contribution in [0.15, 0.2) is 24.3 Å². The summed E-state index contributed by atoms with van der Waals surface area (Å²) in [5.41, 5.74) is 3.27. The molecule has 0 aromatic heterocycles. The molecule has 16 heavy (non-hydrogen) atoms. The van der Waals surface area contributed by atoms with Gasteiger partial charge in [-0.15, -0.1) is 0 Å². The van der Waals surface area contributed by atoms with Crippen molar-refractivity contribution in [1.29, 1.82) is 0 Å². The largest absolute Gasteiger partial charge is 0.396 e. The molecule has 0 radical (unpaired) electrons. The minimum Gasteiger partial charge on any atom is -0.396 e. The monoisotopic (exact) mass is 217 g/mol. The molecule has 1 saturated carbocycles. The third-order valence-corrected chi connectivity index (χ3v) is 4.14. The third kappa shape index (κ3) is 1.76. The Hall–Kier alpha value is -0.860. The van der Waals surface area contributed by atoms with Crippen molar-refractivity contribution in [1.82, 2.24) is 5.32 Å². The van der Waals surface area contributed by atoms with E-state index in [1.165, 1.54) is 30.4 Å². The molecule has 2 nitrogen and oxygen atoms in total. The molecule has 1 aromatic carbocycles. The lowest BCUT2D eigenvalue weighted by Crippen LogP contribution is -2.33. The molecular formula is C14H19NO. The van der Waals surface area contributed by atoms with Gasteiger partial charge in [-0.2, -0.15) is 0 Å². The third-order valence-electron chi connectivity index (χ3n) is 4.14. The van der Waals surface area contributed by atoms with Gasteiger partial charge in [0.2, 0.25) is 0 Å². The fourth-order valence-corrected chi connectivity index (χ4v) is 2.62. The van der Waals surface area contributed by atoms with Gasteiger partial charge < -0.3 is 10.4 Å². The smallest absolute Gasteiger partial charge is 0.0499 e. The zero-order valence-electron chi connectivity index (χ0n) is 9.58. The van der Waals surface area contributed by atoms with Gasteiger partial charge in [0.1, 0.15) is 0 Å². The molecule has 0 heterocycles. The Morgan fingerprint density at radius 1 is 1.31 bits per heavy atom. The topological polar surface area (TPSA) is 32.3 Å². The summed E-state index contributed by atoms with van der Waals surface area (Å²) in [6.07, 6.45) is 3.60. The number of rotatable bonds is 5. The number of benzene rings is 1. The van der Waals surface area contributed by atoms with E-state index in [4.69, 9.17) is 0 Å². The van der Waals surface area contributed by atoms with Crippen molar-refractivity contribution in [2.24, 2.45) is 5.41 Å². The summed E-state index contributed by atoms with van der Waals surface area (Å²) >= 11 is 0. The molecule has 1 fully saturated rings. The second-order valence-electron chi connectivity index (χ2n) is 5.39. The van der Waals surface area contributed by atoms with Crippen molar-refractivity contribution in [3.05, 3.63) is 35.4 Å². The van der Waals surface area contributed by atoms with E-state index < -0.39 is 0 Å². The average molecular weight is 217 g/mol. The highest BCUT2D eigenvalue weighted by atomic mass is 16.3. The van der Waals surface area contributed by atoms with E-state index in [1.807, 2.05) is 0 Å². The van der Waals surface area contributed by atoms with E-state index in [9.17, 15) is 5.11 Å². The molecule has 0 aliphatic heterocycles. The highest BCUT2D eigenvalue weighted by Crippen LogP contribution is 2.44. The summed E-state index contributed by atoms with van der Waals surface area (Å²) in [7, 11) is 0. The number of fused-ring (bicyclic) bond motifs is 1. The fraction of sp³-hybridized carbons (Fsp3) is 0.571. The van der Waals surface area contributed by atoms with Crippen LogP contribution in [0.2, 0.25) is 0 Å². The van der Waals surface area contributed by atoms with Crippen molar-refractivity contribution in [2.75, 3.05) is 19.7 Å². The molecule has 2 heteroatoms. The Kier molecular flexibility index (Phi) is 2.49. The van der Waals surface area contributed by atoms with Gasteiger partial charge in [0.15, 0.2) is 0 Å². The molecule has 2 aliphatic carbocycles. The highest BCUT2D eigenvalue weighted by molar-refractivity contribution is 5.40. The van der Waals surface area contributed by atoms with E-state index in [0.29, 0.717) is 12.5 Å². The SMILES string of the molecule is OCC1(CNCC2Cc3ccccc32)CC1. The van der Waals surface area contributed by atoms with Gasteiger partial charge in [-0.1, -0.05) is 24.3 Å². The first-order valence-electron chi connectivity index (χ1n) is 6.22. The van der Waals surface area contributed by atoms with Gasteiger partial charge >= 0.3 is 0 Å². The molecule has 1 unspecified atom stereocenters. The maximum atomic E-state index is 9.21. The second kappa shape index (κ2) is 3.86. The first-order valence-corrected chi connectivity index (χ1v) is 6.22. The summed E-state index contributed by atoms with van der Waals surface area (Å²) < 4.78 is 0. The van der Waals surface area contributed by atoms with Crippen LogP contribution in [-0.2, 0) is 6.42 Å². The number of aliphatic hydroxyl groups is 1. The normalized spacial score (nSPS) is 24.7. The number of hydrogen-bond acceptors (Lipinski definition) is 2. The first kappa shape index (κ1) is 10.3. The van der Waals surface area contributed by atoms with Crippen LogP contribution < -0.4 is 5.32 Å². The minimum atomic E-state index is 0.239. The molecule has 1 atom stereocenters. The molecule has 0 saturated heterocycles. The maximum Gasteiger partial charge on any atom is 0.0499 e. The van der Waals surface area contributed by atoms with E-state index in [-0.39, 0.29) is 5.41 Å². The van der Waals surface area contributed by atoms with Gasteiger partial charge in [-0.3, -0.25) is 0 Å². The molecule has 2 N–H and O–H groups in total. The predicted octanol–water partition coefficient (Wildman–Crippen LogP) is 1.69. The average Bonchev–Trinajstić information content (AvgIpc) is 3.06. The standard InChI is InChI=1S/C14H19NO/c16-10-14(5-6-14)9-15-8-12-7-11-3-1-2-4-13(11)12/h1-4,12,15-16H,5-10H2. The minimum absolute atomic E-state index is 0.239. The van der Waals surface area contributed by atoms with Crippen LogP contribution >= 0.6 is 0 Å². The predicted molar refractivity (Wildman–Crippen MR) is 64.5 cm³/mol. The van der Waals surface area contributed by atoms with Gasteiger partial charge in [0, 0.05) is 31.0 Å². The van der Waals surface area contributed by atoms with Crippen LogP contribution in [-0.4, -0.2) is 24.8 Å². The zero-order chi connectivity index (χ0) is 11.0. The van der Waals surface area contributed by atoms with Crippen LogP contribution in [0.5, 0.6) is 0 Å². The summed E-state index contributed by atoms with van der Waals surface area (Å²) in [6, 6.07) is 8.71. The lowest BCUT2D eigenvalue weighted by atomic mass is 9.77. The van der Waals surface area contributed by atoms with Crippen LogP contribution in [0, 0.1) is 5.41 Å². The lowest BCUT2D eigenvalue weighted by molar-refractivity contribution is 0.207. The molecule has 0 spiro atoms. The summed E-state index contributed by atoms with van der Waals surface area (Å²) in [6.45, 7) is 2.40. The van der Waals surface area contributed by atoms with Crippen LogP contribution in [0.25, 0.3) is 0 Å². The molecule has 1 aromatic rings. The zero-order valence-corrected chi connectivity index (χ0v) is 9.58. The van der Waals surface area contributed by atoms with E-state index >= 15 is 0 Å². The fourth-order valence-electron chi connectivity index (χ4n) is 2.62. The Balaban J connectivity index is 1.48. The van der Waals surface area contributed by atoms with Gasteiger partial charge in [-0.05, 0) is 30.4 Å². The second-order valence-corrected chi connectivity index (χ2v) is 5.39. The van der Waals surface area contributed by atoms with E-state index in [1.54, 1.807) is 0 Å². The van der Waals surface area contributed by atoms with Crippen molar-refractivity contribution < 1.29 is 5.11 Å². The van der Waals surface area contributed by atoms with Crippen molar-refractivity contribution in [3.8, 4) is 0 Å². The molecule has 2 aliphatic rings. The van der Waals surface area contributed by atoms with Crippen LogP contribution in [0.1, 0.15) is 29.9 Å². The van der Waals surface area contributed by atoms with Crippen LogP contribution in [0.4, 0.5) is 0 Å². The van der Waals surface area contributed by atoms with E-state index in [2.05, 4.69) is 29.6 Å².